The van der Waals surface area contributed by atoms with Gasteiger partial charge in [0.1, 0.15) is 0 Å². The van der Waals surface area contributed by atoms with Gasteiger partial charge < -0.3 is 19.5 Å². The van der Waals surface area contributed by atoms with Crippen molar-refractivity contribution in [1.82, 2.24) is 4.72 Å². The topological polar surface area (TPSA) is 105 Å². The molecule has 1 fully saturated rings. The number of rotatable bonds is 9. The molecule has 0 aliphatic carbocycles. The van der Waals surface area contributed by atoms with Crippen LogP contribution in [0, 0.1) is 0 Å². The van der Waals surface area contributed by atoms with Crippen molar-refractivity contribution in [2.24, 2.45) is 0 Å². The lowest BCUT2D eigenvalue weighted by molar-refractivity contribution is 0.0696. The summed E-state index contributed by atoms with van der Waals surface area (Å²) in [6, 6.07) is 4.18. The molecule has 8 nitrogen and oxygen atoms in total. The standard InChI is InChI=1S/C16H24N2O6S/c1-2-23-9-3-6-17-25(21,22)13-4-5-15(14(12-13)16(19)20)18-7-10-24-11-8-18/h4-5,12,17H,2-3,6-11H2,1H3,(H,19,20). The Bertz CT molecular complexity index is 686. The van der Waals surface area contributed by atoms with Gasteiger partial charge in [0.25, 0.3) is 0 Å². The van der Waals surface area contributed by atoms with Crippen LogP contribution < -0.4 is 9.62 Å². The van der Waals surface area contributed by atoms with E-state index in [-0.39, 0.29) is 17.0 Å². The lowest BCUT2D eigenvalue weighted by Gasteiger charge is -2.30. The van der Waals surface area contributed by atoms with Crippen LogP contribution in [0.5, 0.6) is 0 Å². The predicted octanol–water partition coefficient (Wildman–Crippen LogP) is 0.926. The van der Waals surface area contributed by atoms with Gasteiger partial charge in [-0.2, -0.15) is 0 Å². The Morgan fingerprint density at radius 2 is 2.08 bits per heavy atom. The van der Waals surface area contributed by atoms with Gasteiger partial charge in [-0.3, -0.25) is 0 Å². The summed E-state index contributed by atoms with van der Waals surface area (Å²) in [6.07, 6.45) is 0.546. The maximum atomic E-state index is 12.3. The van der Waals surface area contributed by atoms with E-state index in [1.165, 1.54) is 12.1 Å². The van der Waals surface area contributed by atoms with Gasteiger partial charge >= 0.3 is 5.97 Å². The zero-order valence-corrected chi connectivity index (χ0v) is 15.0. The predicted molar refractivity (Wildman–Crippen MR) is 92.7 cm³/mol. The minimum atomic E-state index is -3.76. The summed E-state index contributed by atoms with van der Waals surface area (Å²) in [5, 5.41) is 9.47. The van der Waals surface area contributed by atoms with Crippen molar-refractivity contribution < 1.29 is 27.8 Å². The summed E-state index contributed by atoms with van der Waals surface area (Å²) in [4.78, 5) is 13.4. The number of sulfonamides is 1. The molecule has 0 amide bonds. The van der Waals surface area contributed by atoms with Crippen molar-refractivity contribution in [2.75, 3.05) is 51.0 Å². The van der Waals surface area contributed by atoms with Crippen LogP contribution in [0.15, 0.2) is 23.1 Å². The SMILES string of the molecule is CCOCCCNS(=O)(=O)c1ccc(N2CCOCC2)c(C(=O)O)c1. The molecule has 1 aliphatic heterocycles. The molecule has 0 saturated carbocycles. The zero-order valence-electron chi connectivity index (χ0n) is 14.2. The average molecular weight is 372 g/mol. The molecular weight excluding hydrogens is 348 g/mol. The minimum absolute atomic E-state index is 0.0286. The van der Waals surface area contributed by atoms with Crippen LogP contribution in [0.25, 0.3) is 0 Å². The van der Waals surface area contributed by atoms with Gasteiger partial charge in [-0.1, -0.05) is 0 Å². The van der Waals surface area contributed by atoms with Crippen LogP contribution in [0.1, 0.15) is 23.7 Å². The summed E-state index contributed by atoms with van der Waals surface area (Å²) < 4.78 is 37.6. The number of carbonyl (C=O) groups is 1. The molecule has 0 unspecified atom stereocenters. The summed E-state index contributed by atoms with van der Waals surface area (Å²) >= 11 is 0. The van der Waals surface area contributed by atoms with Crippen molar-refractivity contribution in [2.45, 2.75) is 18.2 Å². The molecule has 140 valence electrons. The van der Waals surface area contributed by atoms with Crippen LogP contribution in [0.4, 0.5) is 5.69 Å². The molecular formula is C16H24N2O6S. The highest BCUT2D eigenvalue weighted by molar-refractivity contribution is 7.89. The summed E-state index contributed by atoms with van der Waals surface area (Å²) in [5.41, 5.74) is 0.477. The van der Waals surface area contributed by atoms with Gasteiger partial charge in [0.2, 0.25) is 10.0 Å². The van der Waals surface area contributed by atoms with Gasteiger partial charge in [-0.05, 0) is 31.5 Å². The van der Waals surface area contributed by atoms with Crippen LogP contribution in [0.3, 0.4) is 0 Å². The second kappa shape index (κ2) is 9.14. The molecule has 1 aromatic carbocycles. The fourth-order valence-corrected chi connectivity index (χ4v) is 3.64. The number of carboxylic acids is 1. The fourth-order valence-electron chi connectivity index (χ4n) is 2.54. The highest BCUT2D eigenvalue weighted by Crippen LogP contribution is 2.25. The number of hydrogen-bond donors (Lipinski definition) is 2. The smallest absolute Gasteiger partial charge is 0.337 e. The highest BCUT2D eigenvalue weighted by Gasteiger charge is 2.22. The number of nitrogens with zero attached hydrogens (tertiary/aromatic N) is 1. The number of hydrogen-bond acceptors (Lipinski definition) is 6. The molecule has 1 aliphatic rings. The molecule has 0 spiro atoms. The molecule has 0 aromatic heterocycles. The molecule has 2 rings (SSSR count). The molecule has 0 bridgehead atoms. The van der Waals surface area contributed by atoms with E-state index in [1.807, 2.05) is 11.8 Å². The third kappa shape index (κ3) is 5.40. The Hall–Kier alpha value is -1.68. The average Bonchev–Trinajstić information content (AvgIpc) is 2.61. The quantitative estimate of drug-likeness (QED) is 0.621. The second-order valence-electron chi connectivity index (χ2n) is 5.53. The monoisotopic (exact) mass is 372 g/mol. The van der Waals surface area contributed by atoms with Crippen molar-refractivity contribution in [3.8, 4) is 0 Å². The first-order valence-corrected chi connectivity index (χ1v) is 9.71. The van der Waals surface area contributed by atoms with Gasteiger partial charge in [0, 0.05) is 32.8 Å². The van der Waals surface area contributed by atoms with E-state index in [2.05, 4.69) is 4.72 Å². The van der Waals surface area contributed by atoms with Crippen molar-refractivity contribution >= 4 is 21.7 Å². The first kappa shape index (κ1) is 19.6. The van der Waals surface area contributed by atoms with Crippen LogP contribution in [-0.4, -0.2) is 65.6 Å². The van der Waals surface area contributed by atoms with E-state index < -0.39 is 16.0 Å². The Morgan fingerprint density at radius 1 is 1.36 bits per heavy atom. The van der Waals surface area contributed by atoms with E-state index in [0.29, 0.717) is 51.6 Å². The van der Waals surface area contributed by atoms with E-state index in [1.54, 1.807) is 6.07 Å². The number of aromatic carboxylic acids is 1. The lowest BCUT2D eigenvalue weighted by Crippen LogP contribution is -2.37. The molecule has 9 heteroatoms. The summed E-state index contributed by atoms with van der Waals surface area (Å²) in [7, 11) is -3.76. The summed E-state index contributed by atoms with van der Waals surface area (Å²) in [5.74, 6) is -1.16. The normalized spacial score (nSPS) is 15.3. The lowest BCUT2D eigenvalue weighted by atomic mass is 10.1. The van der Waals surface area contributed by atoms with E-state index in [9.17, 15) is 18.3 Å². The van der Waals surface area contributed by atoms with Gasteiger partial charge in [-0.15, -0.1) is 0 Å². The van der Waals surface area contributed by atoms with E-state index in [4.69, 9.17) is 9.47 Å². The Labute approximate surface area is 147 Å². The van der Waals surface area contributed by atoms with Crippen molar-refractivity contribution in [1.29, 1.82) is 0 Å². The minimum Gasteiger partial charge on any atom is -0.478 e. The van der Waals surface area contributed by atoms with Crippen LogP contribution >= 0.6 is 0 Å². The van der Waals surface area contributed by atoms with Gasteiger partial charge in [0.05, 0.1) is 29.4 Å². The maximum Gasteiger partial charge on any atom is 0.337 e. The van der Waals surface area contributed by atoms with Crippen LogP contribution in [0.2, 0.25) is 0 Å². The highest BCUT2D eigenvalue weighted by atomic mass is 32.2. The largest absolute Gasteiger partial charge is 0.478 e. The number of nitrogens with one attached hydrogen (secondary N) is 1. The van der Waals surface area contributed by atoms with Crippen LogP contribution in [-0.2, 0) is 19.5 Å². The zero-order chi connectivity index (χ0) is 18.3. The number of carboxylic acid groups (broad SMARTS) is 1. The second-order valence-corrected chi connectivity index (χ2v) is 7.30. The molecule has 1 aromatic rings. The Morgan fingerprint density at radius 3 is 2.72 bits per heavy atom. The number of anilines is 1. The van der Waals surface area contributed by atoms with E-state index in [0.717, 1.165) is 0 Å². The first-order valence-electron chi connectivity index (χ1n) is 8.23. The third-order valence-electron chi connectivity index (χ3n) is 3.82. The maximum absolute atomic E-state index is 12.3. The third-order valence-corrected chi connectivity index (χ3v) is 5.28. The molecule has 1 heterocycles. The molecule has 0 radical (unpaired) electrons. The van der Waals surface area contributed by atoms with E-state index >= 15 is 0 Å². The molecule has 0 atom stereocenters. The molecule has 1 saturated heterocycles. The first-order chi connectivity index (χ1) is 12.0. The Kier molecular flexibility index (Phi) is 7.18. The molecule has 25 heavy (non-hydrogen) atoms. The number of morpholine rings is 1. The Balaban J connectivity index is 2.15. The van der Waals surface area contributed by atoms with Crippen molar-refractivity contribution in [3.63, 3.8) is 0 Å². The van der Waals surface area contributed by atoms with Crippen molar-refractivity contribution in [3.05, 3.63) is 23.8 Å². The molecule has 2 N–H and O–H groups in total. The van der Waals surface area contributed by atoms with Gasteiger partial charge in [0.15, 0.2) is 0 Å². The summed E-state index contributed by atoms with van der Waals surface area (Å²) in [6.45, 7) is 5.32. The van der Waals surface area contributed by atoms with Gasteiger partial charge in [-0.25, -0.2) is 17.9 Å². The number of ether oxygens (including phenoxy) is 2. The number of benzene rings is 1. The fraction of sp³-hybridized carbons (Fsp3) is 0.562.